The van der Waals surface area contributed by atoms with E-state index in [9.17, 15) is 0 Å². The van der Waals surface area contributed by atoms with Gasteiger partial charge in [0, 0.05) is 11.1 Å². The lowest BCUT2D eigenvalue weighted by molar-refractivity contribution is 0.415. The van der Waals surface area contributed by atoms with Crippen LogP contribution in [-0.2, 0) is 0 Å². The fourth-order valence-corrected chi connectivity index (χ4v) is 2.75. The standard InChI is InChI=1S/C20H16N4O/c1-25-15-9-7-13(8-10-15)16-11-12-17-19(22-16)18(24-20(21)23-17)14-5-3-2-4-6-14/h2-12H,1H3,(H2,21,23,24). The Hall–Kier alpha value is -3.47. The van der Waals surface area contributed by atoms with Gasteiger partial charge in [-0.1, -0.05) is 30.3 Å². The van der Waals surface area contributed by atoms with E-state index < -0.39 is 0 Å². The first-order chi connectivity index (χ1) is 12.2. The highest BCUT2D eigenvalue weighted by Crippen LogP contribution is 2.28. The van der Waals surface area contributed by atoms with Crippen LogP contribution >= 0.6 is 0 Å². The van der Waals surface area contributed by atoms with Crippen molar-refractivity contribution in [3.8, 4) is 28.3 Å². The summed E-state index contributed by atoms with van der Waals surface area (Å²) in [6.07, 6.45) is 0. The quantitative estimate of drug-likeness (QED) is 0.616. The topological polar surface area (TPSA) is 73.9 Å². The van der Waals surface area contributed by atoms with Crippen LogP contribution in [0.5, 0.6) is 5.75 Å². The summed E-state index contributed by atoms with van der Waals surface area (Å²) in [5.74, 6) is 1.05. The van der Waals surface area contributed by atoms with Crippen molar-refractivity contribution >= 4 is 17.0 Å². The summed E-state index contributed by atoms with van der Waals surface area (Å²) in [6.45, 7) is 0. The Kier molecular flexibility index (Phi) is 3.74. The third-order valence-electron chi connectivity index (χ3n) is 3.99. The molecule has 0 atom stereocenters. The summed E-state index contributed by atoms with van der Waals surface area (Å²) < 4.78 is 5.21. The van der Waals surface area contributed by atoms with Crippen LogP contribution in [0.15, 0.2) is 66.7 Å². The Morgan fingerprint density at radius 2 is 1.52 bits per heavy atom. The van der Waals surface area contributed by atoms with Gasteiger partial charge in [-0.3, -0.25) is 0 Å². The van der Waals surface area contributed by atoms with E-state index >= 15 is 0 Å². The molecule has 25 heavy (non-hydrogen) atoms. The maximum Gasteiger partial charge on any atom is 0.221 e. The molecule has 0 amide bonds. The van der Waals surface area contributed by atoms with Crippen LogP contribution in [0.25, 0.3) is 33.5 Å². The zero-order valence-electron chi connectivity index (χ0n) is 13.7. The van der Waals surface area contributed by atoms with Gasteiger partial charge in [0.15, 0.2) is 0 Å². The van der Waals surface area contributed by atoms with Crippen molar-refractivity contribution in [1.29, 1.82) is 0 Å². The van der Waals surface area contributed by atoms with E-state index in [4.69, 9.17) is 15.5 Å². The Balaban J connectivity index is 1.90. The number of methoxy groups -OCH3 is 1. The van der Waals surface area contributed by atoms with Gasteiger partial charge < -0.3 is 10.5 Å². The molecular formula is C20H16N4O. The van der Waals surface area contributed by atoms with Gasteiger partial charge in [-0.15, -0.1) is 0 Å². The molecule has 2 N–H and O–H groups in total. The molecule has 5 heteroatoms. The van der Waals surface area contributed by atoms with Gasteiger partial charge in [0.25, 0.3) is 0 Å². The molecular weight excluding hydrogens is 312 g/mol. The lowest BCUT2D eigenvalue weighted by Gasteiger charge is -2.09. The van der Waals surface area contributed by atoms with Crippen LogP contribution in [0.3, 0.4) is 0 Å². The summed E-state index contributed by atoms with van der Waals surface area (Å²) in [7, 11) is 1.65. The molecule has 5 nitrogen and oxygen atoms in total. The third-order valence-corrected chi connectivity index (χ3v) is 3.99. The fourth-order valence-electron chi connectivity index (χ4n) is 2.75. The van der Waals surface area contributed by atoms with E-state index in [2.05, 4.69) is 9.97 Å². The van der Waals surface area contributed by atoms with Crippen molar-refractivity contribution in [3.63, 3.8) is 0 Å². The number of benzene rings is 2. The smallest absolute Gasteiger partial charge is 0.221 e. The van der Waals surface area contributed by atoms with Gasteiger partial charge in [0.2, 0.25) is 5.95 Å². The van der Waals surface area contributed by atoms with Crippen LogP contribution in [-0.4, -0.2) is 22.1 Å². The van der Waals surface area contributed by atoms with Crippen molar-refractivity contribution in [2.24, 2.45) is 0 Å². The average molecular weight is 328 g/mol. The highest BCUT2D eigenvalue weighted by molar-refractivity contribution is 5.91. The number of pyridine rings is 1. The highest BCUT2D eigenvalue weighted by atomic mass is 16.5. The van der Waals surface area contributed by atoms with Crippen molar-refractivity contribution in [1.82, 2.24) is 15.0 Å². The molecule has 0 aliphatic rings. The van der Waals surface area contributed by atoms with Crippen molar-refractivity contribution in [2.75, 3.05) is 12.8 Å². The van der Waals surface area contributed by atoms with Crippen LogP contribution in [0.1, 0.15) is 0 Å². The van der Waals surface area contributed by atoms with Crippen molar-refractivity contribution < 1.29 is 4.74 Å². The third kappa shape index (κ3) is 2.87. The summed E-state index contributed by atoms with van der Waals surface area (Å²) in [6, 6.07) is 21.5. The molecule has 0 aliphatic heterocycles. The molecule has 2 heterocycles. The number of nitrogens with two attached hydrogens (primary N) is 1. The second kappa shape index (κ2) is 6.20. The number of anilines is 1. The molecule has 0 saturated heterocycles. The summed E-state index contributed by atoms with van der Waals surface area (Å²) >= 11 is 0. The predicted molar refractivity (Wildman–Crippen MR) is 99.2 cm³/mol. The Morgan fingerprint density at radius 3 is 2.24 bits per heavy atom. The number of ether oxygens (including phenoxy) is 1. The first-order valence-electron chi connectivity index (χ1n) is 7.89. The van der Waals surface area contributed by atoms with Gasteiger partial charge in [-0.05, 0) is 36.4 Å². The maximum absolute atomic E-state index is 5.88. The molecule has 0 unspecified atom stereocenters. The second-order valence-corrected chi connectivity index (χ2v) is 5.59. The average Bonchev–Trinajstić information content (AvgIpc) is 2.68. The number of fused-ring (bicyclic) bond motifs is 1. The van der Waals surface area contributed by atoms with E-state index in [-0.39, 0.29) is 5.95 Å². The van der Waals surface area contributed by atoms with Crippen LogP contribution < -0.4 is 10.5 Å². The minimum atomic E-state index is 0.241. The molecule has 4 aromatic rings. The summed E-state index contributed by atoms with van der Waals surface area (Å²) in [5.41, 5.74) is 10.9. The van der Waals surface area contributed by atoms with E-state index in [1.807, 2.05) is 66.7 Å². The lowest BCUT2D eigenvalue weighted by atomic mass is 10.1. The number of nitrogens with zero attached hydrogens (tertiary/aromatic N) is 3. The Morgan fingerprint density at radius 1 is 0.760 bits per heavy atom. The van der Waals surface area contributed by atoms with Crippen molar-refractivity contribution in [3.05, 3.63) is 66.7 Å². The minimum Gasteiger partial charge on any atom is -0.497 e. The zero-order chi connectivity index (χ0) is 17.2. The van der Waals surface area contributed by atoms with Gasteiger partial charge in [-0.2, -0.15) is 0 Å². The molecule has 0 radical (unpaired) electrons. The van der Waals surface area contributed by atoms with Gasteiger partial charge >= 0.3 is 0 Å². The van der Waals surface area contributed by atoms with Gasteiger partial charge in [-0.25, -0.2) is 15.0 Å². The monoisotopic (exact) mass is 328 g/mol. The molecule has 0 bridgehead atoms. The lowest BCUT2D eigenvalue weighted by Crippen LogP contribution is -2.00. The SMILES string of the molecule is COc1ccc(-c2ccc3nc(N)nc(-c4ccccc4)c3n2)cc1. The van der Waals surface area contributed by atoms with E-state index in [0.717, 1.165) is 39.3 Å². The first kappa shape index (κ1) is 15.1. The molecule has 4 rings (SSSR count). The van der Waals surface area contributed by atoms with E-state index in [0.29, 0.717) is 0 Å². The van der Waals surface area contributed by atoms with Crippen molar-refractivity contribution in [2.45, 2.75) is 0 Å². The normalized spacial score (nSPS) is 10.8. The Labute approximate surface area is 145 Å². The largest absolute Gasteiger partial charge is 0.497 e. The first-order valence-corrected chi connectivity index (χ1v) is 7.89. The zero-order valence-corrected chi connectivity index (χ0v) is 13.7. The van der Waals surface area contributed by atoms with Gasteiger partial charge in [0.1, 0.15) is 17.0 Å². The maximum atomic E-state index is 5.88. The minimum absolute atomic E-state index is 0.241. The molecule has 122 valence electrons. The van der Waals surface area contributed by atoms with E-state index in [1.54, 1.807) is 7.11 Å². The second-order valence-electron chi connectivity index (χ2n) is 5.59. The molecule has 0 fully saturated rings. The van der Waals surface area contributed by atoms with Crippen LogP contribution in [0.4, 0.5) is 5.95 Å². The molecule has 2 aromatic heterocycles. The summed E-state index contributed by atoms with van der Waals surface area (Å²) in [4.78, 5) is 13.5. The number of aromatic nitrogens is 3. The van der Waals surface area contributed by atoms with Crippen LogP contribution in [0, 0.1) is 0 Å². The van der Waals surface area contributed by atoms with Gasteiger partial charge in [0.05, 0.1) is 18.3 Å². The molecule has 2 aromatic carbocycles. The molecule has 0 saturated carbocycles. The number of rotatable bonds is 3. The molecule has 0 aliphatic carbocycles. The number of nitrogen functional groups attached to an aromatic ring is 1. The summed E-state index contributed by atoms with van der Waals surface area (Å²) in [5, 5.41) is 0. The van der Waals surface area contributed by atoms with Crippen LogP contribution in [0.2, 0.25) is 0 Å². The molecule has 0 spiro atoms. The number of hydrogen-bond donors (Lipinski definition) is 1. The Bertz CT molecular complexity index is 1030. The predicted octanol–water partition coefficient (Wildman–Crippen LogP) is 3.95. The number of hydrogen-bond acceptors (Lipinski definition) is 5. The highest BCUT2D eigenvalue weighted by Gasteiger charge is 2.11. The van der Waals surface area contributed by atoms with E-state index in [1.165, 1.54) is 0 Å². The fraction of sp³-hybridized carbons (Fsp3) is 0.0500.